The smallest absolute Gasteiger partial charge is 0.251 e. The molecule has 0 saturated carbocycles. The van der Waals surface area contributed by atoms with Gasteiger partial charge in [-0.2, -0.15) is 0 Å². The quantitative estimate of drug-likeness (QED) is 0.593. The molecule has 0 unspecified atom stereocenters. The van der Waals surface area contributed by atoms with Crippen molar-refractivity contribution in [3.05, 3.63) is 35.1 Å². The van der Waals surface area contributed by atoms with Crippen LogP contribution in [0.3, 0.4) is 0 Å². The van der Waals surface area contributed by atoms with Gasteiger partial charge in [-0.15, -0.1) is 0 Å². The van der Waals surface area contributed by atoms with Crippen LogP contribution in [0.25, 0.3) is 0 Å². The fourth-order valence-electron chi connectivity index (χ4n) is 1.63. The number of hydrogen-bond donors (Lipinski definition) is 2. The topological polar surface area (TPSA) is 64.3 Å². The van der Waals surface area contributed by atoms with Crippen molar-refractivity contribution in [1.29, 1.82) is 0 Å². The number of nitrogens with two attached hydrogens (primary N) is 1. The summed E-state index contributed by atoms with van der Waals surface area (Å²) in [5.74, 6) is 4.37. The Hall–Kier alpha value is -1.90. The van der Waals surface area contributed by atoms with Crippen LogP contribution in [0.2, 0.25) is 0 Å². The van der Waals surface area contributed by atoms with Gasteiger partial charge in [0.25, 0.3) is 5.91 Å². The molecule has 21 heavy (non-hydrogen) atoms. The first-order valence-electron chi connectivity index (χ1n) is 7.03. The van der Waals surface area contributed by atoms with E-state index < -0.39 is 5.82 Å². The molecular formula is C16H21FN2O2. The van der Waals surface area contributed by atoms with Crippen LogP contribution in [0.15, 0.2) is 18.2 Å². The van der Waals surface area contributed by atoms with E-state index in [1.807, 2.05) is 6.92 Å². The summed E-state index contributed by atoms with van der Waals surface area (Å²) in [5, 5.41) is 2.72. The maximum Gasteiger partial charge on any atom is 0.251 e. The van der Waals surface area contributed by atoms with Crippen molar-refractivity contribution in [3.8, 4) is 11.8 Å². The average Bonchev–Trinajstić information content (AvgIpc) is 2.49. The molecule has 4 nitrogen and oxygen atoms in total. The highest BCUT2D eigenvalue weighted by Gasteiger charge is 2.08. The first kappa shape index (κ1) is 17.2. The molecule has 0 bridgehead atoms. The van der Waals surface area contributed by atoms with Crippen LogP contribution in [0, 0.1) is 17.7 Å². The molecule has 1 aromatic carbocycles. The average molecular weight is 292 g/mol. The van der Waals surface area contributed by atoms with E-state index in [9.17, 15) is 9.18 Å². The highest BCUT2D eigenvalue weighted by atomic mass is 19.1. The van der Waals surface area contributed by atoms with E-state index in [4.69, 9.17) is 10.5 Å². The number of carbonyl (C=O) groups is 1. The molecule has 0 heterocycles. The van der Waals surface area contributed by atoms with Gasteiger partial charge in [0.2, 0.25) is 0 Å². The third-order valence-corrected chi connectivity index (χ3v) is 2.66. The maximum atomic E-state index is 13.7. The molecule has 3 N–H and O–H groups in total. The second kappa shape index (κ2) is 9.92. The summed E-state index contributed by atoms with van der Waals surface area (Å²) >= 11 is 0. The van der Waals surface area contributed by atoms with Gasteiger partial charge in [-0.1, -0.05) is 18.8 Å². The van der Waals surface area contributed by atoms with Gasteiger partial charge in [-0.05, 0) is 31.0 Å². The Morgan fingerprint density at radius 3 is 2.90 bits per heavy atom. The van der Waals surface area contributed by atoms with Crippen LogP contribution < -0.4 is 11.1 Å². The van der Waals surface area contributed by atoms with Crippen molar-refractivity contribution in [2.24, 2.45) is 5.73 Å². The second-order valence-corrected chi connectivity index (χ2v) is 4.42. The summed E-state index contributed by atoms with van der Waals surface area (Å²) in [6, 6.07) is 4.22. The van der Waals surface area contributed by atoms with E-state index in [2.05, 4.69) is 17.2 Å². The van der Waals surface area contributed by atoms with Crippen molar-refractivity contribution < 1.29 is 13.9 Å². The minimum absolute atomic E-state index is 0.168. The van der Waals surface area contributed by atoms with E-state index >= 15 is 0 Å². The summed E-state index contributed by atoms with van der Waals surface area (Å²) in [4.78, 5) is 11.8. The lowest BCUT2D eigenvalue weighted by molar-refractivity contribution is 0.0941. The lowest BCUT2D eigenvalue weighted by Gasteiger charge is -2.06. The normalized spacial score (nSPS) is 9.86. The summed E-state index contributed by atoms with van der Waals surface area (Å²) in [5.41, 5.74) is 5.75. The van der Waals surface area contributed by atoms with Gasteiger partial charge in [-0.3, -0.25) is 4.79 Å². The fourth-order valence-corrected chi connectivity index (χ4v) is 1.63. The Morgan fingerprint density at radius 2 is 2.24 bits per heavy atom. The van der Waals surface area contributed by atoms with Crippen LogP contribution in [0.1, 0.15) is 35.7 Å². The van der Waals surface area contributed by atoms with Crippen molar-refractivity contribution in [1.82, 2.24) is 5.32 Å². The third kappa shape index (κ3) is 6.39. The standard InChI is InChI=1S/C16H21FN2O2/c1-2-10-21-11-4-9-19-16(20)14-7-6-13(5-3-8-18)15(17)12-14/h6-7,12H,2,4,8-11,18H2,1H3,(H,19,20). The van der Waals surface area contributed by atoms with Gasteiger partial charge in [0.05, 0.1) is 12.1 Å². The highest BCUT2D eigenvalue weighted by molar-refractivity contribution is 5.94. The monoisotopic (exact) mass is 292 g/mol. The zero-order chi connectivity index (χ0) is 15.5. The van der Waals surface area contributed by atoms with Crippen molar-refractivity contribution in [2.45, 2.75) is 19.8 Å². The maximum absolute atomic E-state index is 13.7. The Labute approximate surface area is 124 Å². The van der Waals surface area contributed by atoms with Gasteiger partial charge >= 0.3 is 0 Å². The number of nitrogens with one attached hydrogen (secondary N) is 1. The molecule has 1 amide bonds. The lowest BCUT2D eigenvalue weighted by Crippen LogP contribution is -2.25. The largest absolute Gasteiger partial charge is 0.381 e. The first-order valence-corrected chi connectivity index (χ1v) is 7.03. The van der Waals surface area contributed by atoms with Gasteiger partial charge in [0.15, 0.2) is 0 Å². The molecule has 0 aliphatic heterocycles. The molecule has 0 saturated heterocycles. The number of carbonyl (C=O) groups excluding carboxylic acids is 1. The zero-order valence-corrected chi connectivity index (χ0v) is 12.2. The van der Waals surface area contributed by atoms with Gasteiger partial charge in [-0.25, -0.2) is 4.39 Å². The fraction of sp³-hybridized carbons (Fsp3) is 0.438. The number of amides is 1. The summed E-state index contributed by atoms with van der Waals surface area (Å²) < 4.78 is 19.0. The van der Waals surface area contributed by atoms with Gasteiger partial charge < -0.3 is 15.8 Å². The molecule has 0 radical (unpaired) electrons. The number of ether oxygens (including phenoxy) is 1. The highest BCUT2D eigenvalue weighted by Crippen LogP contribution is 2.09. The molecule has 0 fully saturated rings. The van der Waals surface area contributed by atoms with E-state index in [1.54, 1.807) is 6.07 Å². The van der Waals surface area contributed by atoms with Crippen LogP contribution in [0.4, 0.5) is 4.39 Å². The Morgan fingerprint density at radius 1 is 1.43 bits per heavy atom. The van der Waals surface area contributed by atoms with Crippen LogP contribution in [-0.4, -0.2) is 32.2 Å². The molecule has 0 aromatic heterocycles. The molecule has 1 aromatic rings. The first-order chi connectivity index (χ1) is 10.2. The van der Waals surface area contributed by atoms with Crippen LogP contribution >= 0.6 is 0 Å². The molecule has 5 heteroatoms. The summed E-state index contributed by atoms with van der Waals surface area (Å²) in [6.45, 7) is 4.04. The number of benzene rings is 1. The van der Waals surface area contributed by atoms with E-state index in [1.165, 1.54) is 12.1 Å². The Bertz CT molecular complexity index is 521. The van der Waals surface area contributed by atoms with E-state index in [-0.39, 0.29) is 23.6 Å². The van der Waals surface area contributed by atoms with Gasteiger partial charge in [0.1, 0.15) is 5.82 Å². The predicted octanol–water partition coefficient (Wildman–Crippen LogP) is 1.68. The molecule has 0 aliphatic rings. The molecule has 0 atom stereocenters. The minimum atomic E-state index is -0.519. The van der Waals surface area contributed by atoms with Crippen LogP contribution in [-0.2, 0) is 4.74 Å². The lowest BCUT2D eigenvalue weighted by atomic mass is 10.1. The molecule has 114 valence electrons. The number of halogens is 1. The predicted molar refractivity (Wildman–Crippen MR) is 80.4 cm³/mol. The zero-order valence-electron chi connectivity index (χ0n) is 12.2. The number of hydrogen-bond acceptors (Lipinski definition) is 3. The third-order valence-electron chi connectivity index (χ3n) is 2.66. The summed E-state index contributed by atoms with van der Waals surface area (Å²) in [6.07, 6.45) is 1.71. The van der Waals surface area contributed by atoms with Crippen molar-refractivity contribution in [3.63, 3.8) is 0 Å². The second-order valence-electron chi connectivity index (χ2n) is 4.42. The number of rotatable bonds is 7. The molecule has 0 spiro atoms. The Balaban J connectivity index is 2.46. The molecule has 1 rings (SSSR count). The van der Waals surface area contributed by atoms with E-state index in [0.29, 0.717) is 13.2 Å². The summed E-state index contributed by atoms with van der Waals surface area (Å²) in [7, 11) is 0. The van der Waals surface area contributed by atoms with Crippen molar-refractivity contribution in [2.75, 3.05) is 26.3 Å². The van der Waals surface area contributed by atoms with Gasteiger partial charge in [0, 0.05) is 25.3 Å². The Kier molecular flexibility index (Phi) is 8.10. The van der Waals surface area contributed by atoms with E-state index in [0.717, 1.165) is 19.4 Å². The molecular weight excluding hydrogens is 271 g/mol. The van der Waals surface area contributed by atoms with Crippen molar-refractivity contribution >= 4 is 5.91 Å². The SMILES string of the molecule is CCCOCCCNC(=O)c1ccc(C#CCN)c(F)c1. The van der Waals surface area contributed by atoms with Crippen LogP contribution in [0.5, 0.6) is 0 Å². The molecule has 0 aliphatic carbocycles. The minimum Gasteiger partial charge on any atom is -0.381 e.